The lowest BCUT2D eigenvalue weighted by molar-refractivity contribution is 0.463. The fraction of sp³-hybridized carbons (Fsp3) is 0.647. The molecule has 0 bridgehead atoms. The van der Waals surface area contributed by atoms with Gasteiger partial charge in [-0.05, 0) is 50.8 Å². The molecule has 2 nitrogen and oxygen atoms in total. The maximum absolute atomic E-state index is 7.89. The molecule has 2 heteroatoms. The van der Waals surface area contributed by atoms with Gasteiger partial charge in [0.1, 0.15) is 0 Å². The molecule has 0 saturated heterocycles. The molecule has 1 heterocycles. The van der Waals surface area contributed by atoms with Gasteiger partial charge in [0, 0.05) is 16.6 Å². The van der Waals surface area contributed by atoms with Crippen molar-refractivity contribution in [1.29, 1.82) is 0 Å². The molecule has 0 fully saturated rings. The van der Waals surface area contributed by atoms with Gasteiger partial charge in [-0.15, -0.1) is 0 Å². The highest BCUT2D eigenvalue weighted by Gasteiger charge is 2.37. The quantitative estimate of drug-likeness (QED) is 0.685. The number of fused-ring (bicyclic) bond motifs is 1. The van der Waals surface area contributed by atoms with Crippen molar-refractivity contribution >= 4 is 11.4 Å². The number of hydrogen-bond donors (Lipinski definition) is 0. The van der Waals surface area contributed by atoms with Crippen LogP contribution in [-0.4, -0.2) is 18.7 Å². The largest absolute Gasteiger partial charge is 0.353 e. The summed E-state index contributed by atoms with van der Waals surface area (Å²) in [4.78, 5) is 3.77. The maximum Gasteiger partial charge on any atom is 0.0990 e. The predicted octanol–water partition coefficient (Wildman–Crippen LogP) is 4.38. The van der Waals surface area contributed by atoms with Gasteiger partial charge in [0.25, 0.3) is 0 Å². The van der Waals surface area contributed by atoms with E-state index in [0.717, 1.165) is 11.4 Å². The summed E-state index contributed by atoms with van der Waals surface area (Å²) in [6.45, 7) is 12.7. The van der Waals surface area contributed by atoms with Crippen LogP contribution in [0.2, 0.25) is 0 Å². The van der Waals surface area contributed by atoms with Crippen LogP contribution < -0.4 is 9.80 Å². The summed E-state index contributed by atoms with van der Waals surface area (Å²) in [6, 6.07) is 6.17. The van der Waals surface area contributed by atoms with Gasteiger partial charge in [0.05, 0.1) is 17.5 Å². The lowest BCUT2D eigenvalue weighted by Crippen LogP contribution is -2.49. The number of nitrogens with zero attached hydrogens (tertiary/aromatic N) is 2. The first-order valence-corrected chi connectivity index (χ1v) is 6.98. The van der Waals surface area contributed by atoms with Gasteiger partial charge in [-0.2, -0.15) is 0 Å². The van der Waals surface area contributed by atoms with E-state index in [-0.39, 0.29) is 17.1 Å². The highest BCUT2D eigenvalue weighted by Crippen LogP contribution is 2.44. The Bertz CT molecular complexity index is 565. The fourth-order valence-corrected chi connectivity index (χ4v) is 2.83. The Kier molecular flexibility index (Phi) is 2.32. The van der Waals surface area contributed by atoms with Gasteiger partial charge in [-0.25, -0.2) is 0 Å². The Labute approximate surface area is 122 Å². The Morgan fingerprint density at radius 3 is 2.16 bits per heavy atom. The molecule has 0 aromatic heterocycles. The Hall–Kier alpha value is -1.18. The normalized spacial score (nSPS) is 22.9. The molecule has 0 unspecified atom stereocenters. The van der Waals surface area contributed by atoms with Crippen molar-refractivity contribution in [2.75, 3.05) is 16.8 Å². The molecule has 1 aliphatic heterocycles. The third kappa shape index (κ3) is 2.33. The van der Waals surface area contributed by atoms with Gasteiger partial charge in [0.15, 0.2) is 0 Å². The molecule has 0 N–H and O–H groups in total. The van der Waals surface area contributed by atoms with Crippen LogP contribution in [0.4, 0.5) is 11.4 Å². The van der Waals surface area contributed by atoms with Crippen LogP contribution in [0.25, 0.3) is 0 Å². The second-order valence-electron chi connectivity index (χ2n) is 7.50. The number of hydrogen-bond acceptors (Lipinski definition) is 2. The minimum Gasteiger partial charge on any atom is -0.353 e. The summed E-state index contributed by atoms with van der Waals surface area (Å²) >= 11 is 0. The molecule has 0 spiro atoms. The second-order valence-corrected chi connectivity index (χ2v) is 7.50. The molecular weight excluding hydrogens is 232 g/mol. The van der Waals surface area contributed by atoms with E-state index in [1.165, 1.54) is 5.56 Å². The number of rotatable bonds is 0. The van der Waals surface area contributed by atoms with Crippen LogP contribution in [0, 0.1) is 0 Å². The highest BCUT2D eigenvalue weighted by atomic mass is 15.4. The van der Waals surface area contributed by atoms with Crippen molar-refractivity contribution in [1.82, 2.24) is 0 Å². The van der Waals surface area contributed by atoms with Gasteiger partial charge >= 0.3 is 0 Å². The topological polar surface area (TPSA) is 6.48 Å². The van der Waals surface area contributed by atoms with Crippen LogP contribution in [0.3, 0.4) is 0 Å². The van der Waals surface area contributed by atoms with Crippen LogP contribution in [0.1, 0.15) is 58.1 Å². The zero-order valence-electron chi connectivity index (χ0n) is 16.2. The van der Waals surface area contributed by atoms with Crippen molar-refractivity contribution in [3.63, 3.8) is 0 Å². The molecular formula is C17H28N2. The minimum absolute atomic E-state index is 0.0369. The van der Waals surface area contributed by atoms with E-state index in [1.807, 2.05) is 13.0 Å². The van der Waals surface area contributed by atoms with E-state index in [0.29, 0.717) is 0 Å². The van der Waals surface area contributed by atoms with Crippen molar-refractivity contribution in [3.8, 4) is 0 Å². The van der Waals surface area contributed by atoms with Crippen LogP contribution >= 0.6 is 0 Å². The second kappa shape index (κ2) is 4.16. The molecule has 19 heavy (non-hydrogen) atoms. The molecule has 0 radical (unpaired) electrons. The van der Waals surface area contributed by atoms with E-state index in [1.54, 1.807) is 4.90 Å². The molecule has 1 aromatic carbocycles. The summed E-state index contributed by atoms with van der Waals surface area (Å²) in [5, 5.41) is 0. The van der Waals surface area contributed by atoms with E-state index in [4.69, 9.17) is 4.11 Å². The first kappa shape index (κ1) is 10.6. The Balaban J connectivity index is 2.66. The number of anilines is 2. The molecule has 0 amide bonds. The maximum atomic E-state index is 7.89. The molecule has 1 aromatic rings. The highest BCUT2D eigenvalue weighted by molar-refractivity contribution is 5.79. The van der Waals surface area contributed by atoms with Crippen LogP contribution in [0.15, 0.2) is 18.2 Å². The lowest BCUT2D eigenvalue weighted by Gasteiger charge is -2.39. The summed E-state index contributed by atoms with van der Waals surface area (Å²) in [5.41, 5.74) is 2.93. The smallest absolute Gasteiger partial charge is 0.0990 e. The molecule has 1 aliphatic rings. The number of benzene rings is 1. The van der Waals surface area contributed by atoms with Crippen LogP contribution in [0.5, 0.6) is 0 Å². The molecule has 1 atom stereocenters. The van der Waals surface area contributed by atoms with Crippen LogP contribution in [-0.2, 0) is 5.41 Å². The average molecular weight is 263 g/mol. The molecule has 0 aliphatic carbocycles. The first-order valence-electron chi connectivity index (χ1n) is 8.48. The zero-order valence-corrected chi connectivity index (χ0v) is 13.2. The summed E-state index contributed by atoms with van der Waals surface area (Å²) in [7, 11) is 0. The SMILES string of the molecule is [2H]C([2H])([2H])N1c2ccc(C(C)(C)C)cc2N(C(C)(C)C)[C@H]1C. The average Bonchev–Trinajstić information content (AvgIpc) is 2.56. The van der Waals surface area contributed by atoms with Gasteiger partial charge in [0.2, 0.25) is 0 Å². The van der Waals surface area contributed by atoms with Crippen molar-refractivity contribution in [2.24, 2.45) is 0 Å². The minimum atomic E-state index is -2.14. The van der Waals surface area contributed by atoms with E-state index >= 15 is 0 Å². The monoisotopic (exact) mass is 263 g/mol. The Morgan fingerprint density at radius 2 is 1.68 bits per heavy atom. The summed E-state index contributed by atoms with van der Waals surface area (Å²) in [5.74, 6) is 0. The van der Waals surface area contributed by atoms with Gasteiger partial charge in [-0.3, -0.25) is 0 Å². The van der Waals surface area contributed by atoms with Crippen molar-refractivity contribution in [3.05, 3.63) is 23.8 Å². The lowest BCUT2D eigenvalue weighted by atomic mass is 9.86. The van der Waals surface area contributed by atoms with Crippen molar-refractivity contribution in [2.45, 2.75) is 65.6 Å². The van der Waals surface area contributed by atoms with E-state index in [2.05, 4.69) is 58.6 Å². The third-order valence-corrected chi connectivity index (χ3v) is 3.83. The Morgan fingerprint density at radius 1 is 1.05 bits per heavy atom. The third-order valence-electron chi connectivity index (χ3n) is 3.83. The predicted molar refractivity (Wildman–Crippen MR) is 85.2 cm³/mol. The summed E-state index contributed by atoms with van der Waals surface area (Å²) in [6.07, 6.45) is -0.197. The van der Waals surface area contributed by atoms with E-state index in [9.17, 15) is 0 Å². The standard InChI is InChI=1S/C17H28N2/c1-12-18(8)14-10-9-13(16(2,3)4)11-15(14)19(12)17(5,6)7/h9-12H,1-8H3/t12-/m0/s1/i8D3. The van der Waals surface area contributed by atoms with Gasteiger partial charge in [-0.1, -0.05) is 26.8 Å². The zero-order chi connectivity index (χ0) is 17.1. The molecule has 106 valence electrons. The fourth-order valence-electron chi connectivity index (χ4n) is 2.83. The summed E-state index contributed by atoms with van der Waals surface area (Å²) < 4.78 is 23.7. The van der Waals surface area contributed by atoms with E-state index < -0.39 is 6.98 Å². The van der Waals surface area contributed by atoms with Crippen molar-refractivity contribution < 1.29 is 4.11 Å². The molecule has 0 saturated carbocycles. The molecule has 2 rings (SSSR count). The van der Waals surface area contributed by atoms with Gasteiger partial charge < -0.3 is 9.80 Å². The first-order chi connectivity index (χ1) is 9.74.